The number of aryl methyl sites for hydroxylation is 1. The molecular formula is C14H17N7O. The predicted octanol–water partition coefficient (Wildman–Crippen LogP) is 0.685. The Bertz CT molecular complexity index is 816. The molecule has 1 saturated heterocycles. The van der Waals surface area contributed by atoms with Gasteiger partial charge in [0.25, 0.3) is 0 Å². The standard InChI is InChI=1S/C14H17N7O/c1-9-12-17-8-18-21(12)14(10-2-3-11(15)22-10)19-13(9)20-6-4-16-5-7-20/h2-3,8,16H,4-7,15H2,1H3. The first-order chi connectivity index (χ1) is 10.7. The van der Waals surface area contributed by atoms with Crippen LogP contribution in [0.25, 0.3) is 17.2 Å². The summed E-state index contributed by atoms with van der Waals surface area (Å²) in [6, 6.07) is 3.51. The van der Waals surface area contributed by atoms with Crippen LogP contribution in [0, 0.1) is 6.92 Å². The molecule has 0 unspecified atom stereocenters. The number of anilines is 2. The maximum absolute atomic E-state index is 5.69. The van der Waals surface area contributed by atoms with Crippen molar-refractivity contribution in [2.45, 2.75) is 6.92 Å². The van der Waals surface area contributed by atoms with Crippen molar-refractivity contribution in [1.29, 1.82) is 0 Å². The number of furan rings is 1. The molecule has 3 N–H and O–H groups in total. The Balaban J connectivity index is 1.92. The van der Waals surface area contributed by atoms with E-state index in [2.05, 4.69) is 20.3 Å². The number of fused-ring (bicyclic) bond motifs is 1. The van der Waals surface area contributed by atoms with Crippen LogP contribution < -0.4 is 16.0 Å². The van der Waals surface area contributed by atoms with Gasteiger partial charge in [-0.05, 0) is 13.0 Å². The summed E-state index contributed by atoms with van der Waals surface area (Å²) >= 11 is 0. The third kappa shape index (κ3) is 2.00. The van der Waals surface area contributed by atoms with Crippen molar-refractivity contribution in [3.05, 3.63) is 24.0 Å². The van der Waals surface area contributed by atoms with Gasteiger partial charge in [0, 0.05) is 37.8 Å². The molecule has 0 spiro atoms. The number of hydrogen-bond donors (Lipinski definition) is 2. The average Bonchev–Trinajstić information content (AvgIpc) is 3.18. The van der Waals surface area contributed by atoms with Crippen LogP contribution in [-0.2, 0) is 0 Å². The fourth-order valence-electron chi connectivity index (χ4n) is 2.80. The van der Waals surface area contributed by atoms with Gasteiger partial charge in [0.2, 0.25) is 5.82 Å². The van der Waals surface area contributed by atoms with Gasteiger partial charge < -0.3 is 20.4 Å². The summed E-state index contributed by atoms with van der Waals surface area (Å²) in [6.45, 7) is 5.74. The summed E-state index contributed by atoms with van der Waals surface area (Å²) in [5.74, 6) is 2.48. The first kappa shape index (κ1) is 13.1. The van der Waals surface area contributed by atoms with Gasteiger partial charge >= 0.3 is 0 Å². The second kappa shape index (κ2) is 4.99. The Morgan fingerprint density at radius 2 is 2.09 bits per heavy atom. The number of aromatic nitrogens is 4. The van der Waals surface area contributed by atoms with Crippen molar-refractivity contribution in [1.82, 2.24) is 24.9 Å². The lowest BCUT2D eigenvalue weighted by atomic mass is 10.2. The second-order valence-electron chi connectivity index (χ2n) is 5.32. The van der Waals surface area contributed by atoms with E-state index in [-0.39, 0.29) is 0 Å². The Morgan fingerprint density at radius 1 is 1.27 bits per heavy atom. The van der Waals surface area contributed by atoms with E-state index in [1.54, 1.807) is 16.6 Å². The molecule has 1 aliphatic rings. The normalized spacial score (nSPS) is 15.6. The van der Waals surface area contributed by atoms with E-state index in [0.717, 1.165) is 43.2 Å². The zero-order valence-corrected chi connectivity index (χ0v) is 12.3. The third-order valence-electron chi connectivity index (χ3n) is 3.89. The molecule has 4 rings (SSSR count). The monoisotopic (exact) mass is 299 g/mol. The van der Waals surface area contributed by atoms with Crippen LogP contribution in [0.4, 0.5) is 11.7 Å². The summed E-state index contributed by atoms with van der Waals surface area (Å²) in [7, 11) is 0. The molecule has 0 aliphatic carbocycles. The highest BCUT2D eigenvalue weighted by atomic mass is 16.4. The Kier molecular flexibility index (Phi) is 2.97. The maximum atomic E-state index is 5.69. The largest absolute Gasteiger partial charge is 0.438 e. The molecule has 0 saturated carbocycles. The first-order valence-electron chi connectivity index (χ1n) is 7.26. The van der Waals surface area contributed by atoms with Crippen LogP contribution in [0.2, 0.25) is 0 Å². The van der Waals surface area contributed by atoms with Crippen LogP contribution in [-0.4, -0.2) is 45.8 Å². The average molecular weight is 299 g/mol. The quantitative estimate of drug-likeness (QED) is 0.718. The molecule has 1 fully saturated rings. The van der Waals surface area contributed by atoms with E-state index < -0.39 is 0 Å². The predicted molar refractivity (Wildman–Crippen MR) is 82.7 cm³/mol. The highest BCUT2D eigenvalue weighted by molar-refractivity contribution is 5.66. The molecule has 0 radical (unpaired) electrons. The Labute approximate surface area is 126 Å². The lowest BCUT2D eigenvalue weighted by Crippen LogP contribution is -2.44. The van der Waals surface area contributed by atoms with Crippen molar-refractivity contribution in [3.8, 4) is 11.6 Å². The Morgan fingerprint density at radius 3 is 2.82 bits per heavy atom. The molecule has 0 bridgehead atoms. The number of nitrogens with two attached hydrogens (primary N) is 1. The van der Waals surface area contributed by atoms with Crippen molar-refractivity contribution >= 4 is 17.3 Å². The Hall–Kier alpha value is -2.61. The van der Waals surface area contributed by atoms with Crippen molar-refractivity contribution in [3.63, 3.8) is 0 Å². The number of nitrogen functional groups attached to an aromatic ring is 1. The summed E-state index contributed by atoms with van der Waals surface area (Å²) in [5, 5.41) is 7.61. The summed E-state index contributed by atoms with van der Waals surface area (Å²) in [4.78, 5) is 11.4. The summed E-state index contributed by atoms with van der Waals surface area (Å²) < 4.78 is 7.22. The van der Waals surface area contributed by atoms with Crippen LogP contribution in [0.3, 0.4) is 0 Å². The topological polar surface area (TPSA) is 97.5 Å². The second-order valence-corrected chi connectivity index (χ2v) is 5.32. The van der Waals surface area contributed by atoms with Crippen LogP contribution >= 0.6 is 0 Å². The lowest BCUT2D eigenvalue weighted by Gasteiger charge is -2.29. The molecule has 0 amide bonds. The molecule has 0 aromatic carbocycles. The molecule has 0 atom stereocenters. The van der Waals surface area contributed by atoms with Gasteiger partial charge in [-0.2, -0.15) is 9.61 Å². The van der Waals surface area contributed by atoms with E-state index in [1.165, 1.54) is 6.33 Å². The van der Waals surface area contributed by atoms with E-state index in [1.807, 2.05) is 6.92 Å². The number of piperazine rings is 1. The van der Waals surface area contributed by atoms with Crippen LogP contribution in [0.15, 0.2) is 22.9 Å². The van der Waals surface area contributed by atoms with Gasteiger partial charge in [-0.1, -0.05) is 0 Å². The molecule has 4 heterocycles. The van der Waals surface area contributed by atoms with Gasteiger partial charge in [0.15, 0.2) is 17.3 Å². The van der Waals surface area contributed by atoms with E-state index in [0.29, 0.717) is 17.5 Å². The van der Waals surface area contributed by atoms with Gasteiger partial charge in [0.05, 0.1) is 0 Å². The minimum atomic E-state index is 0.356. The fraction of sp³-hybridized carbons (Fsp3) is 0.357. The summed E-state index contributed by atoms with van der Waals surface area (Å²) in [5.41, 5.74) is 7.49. The molecule has 8 nitrogen and oxygen atoms in total. The number of hydrogen-bond acceptors (Lipinski definition) is 7. The van der Waals surface area contributed by atoms with Gasteiger partial charge in [-0.25, -0.2) is 9.97 Å². The van der Waals surface area contributed by atoms with Crippen molar-refractivity contribution < 1.29 is 4.42 Å². The van der Waals surface area contributed by atoms with E-state index in [9.17, 15) is 0 Å². The third-order valence-corrected chi connectivity index (χ3v) is 3.89. The van der Waals surface area contributed by atoms with Gasteiger partial charge in [0.1, 0.15) is 12.1 Å². The lowest BCUT2D eigenvalue weighted by molar-refractivity contribution is 0.579. The van der Waals surface area contributed by atoms with E-state index >= 15 is 0 Å². The number of nitrogens with one attached hydrogen (secondary N) is 1. The van der Waals surface area contributed by atoms with E-state index in [4.69, 9.17) is 15.1 Å². The molecular weight excluding hydrogens is 282 g/mol. The van der Waals surface area contributed by atoms with Crippen LogP contribution in [0.1, 0.15) is 5.56 Å². The number of nitrogens with zero attached hydrogens (tertiary/aromatic N) is 5. The molecule has 8 heteroatoms. The zero-order valence-electron chi connectivity index (χ0n) is 12.3. The first-order valence-corrected chi connectivity index (χ1v) is 7.26. The molecule has 1 aliphatic heterocycles. The zero-order chi connectivity index (χ0) is 15.1. The molecule has 22 heavy (non-hydrogen) atoms. The van der Waals surface area contributed by atoms with Crippen molar-refractivity contribution in [2.75, 3.05) is 36.8 Å². The van der Waals surface area contributed by atoms with Gasteiger partial charge in [-0.15, -0.1) is 0 Å². The number of rotatable bonds is 2. The molecule has 3 aromatic heterocycles. The minimum absolute atomic E-state index is 0.356. The van der Waals surface area contributed by atoms with Crippen LogP contribution in [0.5, 0.6) is 0 Å². The summed E-state index contributed by atoms with van der Waals surface area (Å²) in [6.07, 6.45) is 1.53. The van der Waals surface area contributed by atoms with Gasteiger partial charge in [-0.3, -0.25) is 0 Å². The fourth-order valence-corrected chi connectivity index (χ4v) is 2.80. The minimum Gasteiger partial charge on any atom is -0.438 e. The smallest absolute Gasteiger partial charge is 0.201 e. The highest BCUT2D eigenvalue weighted by Crippen LogP contribution is 2.28. The van der Waals surface area contributed by atoms with Crippen molar-refractivity contribution in [2.24, 2.45) is 0 Å². The molecule has 114 valence electrons. The highest BCUT2D eigenvalue weighted by Gasteiger charge is 2.21. The maximum Gasteiger partial charge on any atom is 0.201 e. The SMILES string of the molecule is Cc1c(N2CCNCC2)nc(-c2ccc(N)o2)n2ncnc12. The molecule has 3 aromatic rings.